The molecule has 0 amide bonds. The van der Waals surface area contributed by atoms with Gasteiger partial charge in [0, 0.05) is 54.3 Å². The van der Waals surface area contributed by atoms with E-state index in [4.69, 9.17) is 0 Å². The van der Waals surface area contributed by atoms with E-state index < -0.39 is 0 Å². The van der Waals surface area contributed by atoms with Crippen molar-refractivity contribution in [2.24, 2.45) is 0 Å². The van der Waals surface area contributed by atoms with Crippen LogP contribution in [0.5, 0.6) is 0 Å². The van der Waals surface area contributed by atoms with E-state index in [0.29, 0.717) is 0 Å². The van der Waals surface area contributed by atoms with Crippen LogP contribution in [0.15, 0.2) is 285 Å². The molecule has 0 N–H and O–H groups in total. The molecule has 0 fully saturated rings. The van der Waals surface area contributed by atoms with E-state index in [1.807, 2.05) is 11.3 Å². The van der Waals surface area contributed by atoms with Crippen LogP contribution in [-0.2, 0) is 0 Å². The Kier molecular flexibility index (Phi) is 12.2. The number of aryl methyl sites for hydroxylation is 2. The van der Waals surface area contributed by atoms with E-state index in [1.165, 1.54) is 75.5 Å². The summed E-state index contributed by atoms with van der Waals surface area (Å²) < 4.78 is 2.62. The lowest BCUT2D eigenvalue weighted by atomic mass is 10.0. The van der Waals surface area contributed by atoms with E-state index in [0.717, 1.165) is 51.2 Å². The van der Waals surface area contributed by atoms with Crippen molar-refractivity contribution in [2.75, 3.05) is 14.7 Å². The summed E-state index contributed by atoms with van der Waals surface area (Å²) in [6.45, 7) is 4.30. The fraction of sp³-hybridized carbons (Fsp3) is 0.0278. The molecule has 0 saturated heterocycles. The van der Waals surface area contributed by atoms with Crippen molar-refractivity contribution in [3.8, 4) is 33.4 Å². The maximum atomic E-state index is 2.42. The summed E-state index contributed by atoms with van der Waals surface area (Å²) in [5.41, 5.74) is 19.0. The average molecular weight is 992 g/mol. The minimum absolute atomic E-state index is 1.01. The van der Waals surface area contributed by atoms with E-state index >= 15 is 0 Å². The van der Waals surface area contributed by atoms with Gasteiger partial charge < -0.3 is 14.7 Å². The van der Waals surface area contributed by atoms with Crippen LogP contribution in [0.1, 0.15) is 11.1 Å². The van der Waals surface area contributed by atoms with Crippen molar-refractivity contribution in [1.29, 1.82) is 0 Å². The van der Waals surface area contributed by atoms with Gasteiger partial charge in [-0.05, 0) is 167 Å². The first-order chi connectivity index (χ1) is 37.5. The van der Waals surface area contributed by atoms with Gasteiger partial charge in [-0.25, -0.2) is 0 Å². The minimum atomic E-state index is 1.01. The average Bonchev–Trinajstić information content (AvgIpc) is 3.86. The maximum Gasteiger partial charge on any atom is 0.0503 e. The third kappa shape index (κ3) is 9.17. The molecule has 362 valence electrons. The molecule has 13 aromatic rings. The van der Waals surface area contributed by atoms with Crippen LogP contribution in [0, 0.1) is 13.8 Å². The van der Waals surface area contributed by atoms with Crippen LogP contribution >= 0.6 is 11.3 Å². The number of anilines is 9. The van der Waals surface area contributed by atoms with Crippen molar-refractivity contribution in [2.45, 2.75) is 13.8 Å². The highest BCUT2D eigenvalue weighted by molar-refractivity contribution is 7.25. The van der Waals surface area contributed by atoms with Gasteiger partial charge in [0.05, 0.1) is 17.1 Å². The lowest BCUT2D eigenvalue weighted by Gasteiger charge is -2.33. The minimum Gasteiger partial charge on any atom is -0.310 e. The van der Waals surface area contributed by atoms with Gasteiger partial charge in [0.25, 0.3) is 0 Å². The number of para-hydroxylation sites is 2. The lowest BCUT2D eigenvalue weighted by Crippen LogP contribution is -2.16. The molecule has 0 atom stereocenters. The predicted molar refractivity (Wildman–Crippen MR) is 327 cm³/mol. The number of rotatable bonds is 12. The van der Waals surface area contributed by atoms with Crippen LogP contribution in [0.25, 0.3) is 64.3 Å². The van der Waals surface area contributed by atoms with E-state index in [-0.39, 0.29) is 0 Å². The van der Waals surface area contributed by atoms with Gasteiger partial charge in [0.2, 0.25) is 0 Å². The van der Waals surface area contributed by atoms with Crippen molar-refractivity contribution >= 4 is 93.5 Å². The Hall–Kier alpha value is -9.48. The SMILES string of the molecule is Cc1cccc(-c2ccc(N(c3ccccc3)c3cc(N(c4ccccc4)c4ccc(-c5cccc(C)c5)cc4)cc(N(c4ccc(-c5ccc6sc7ccccc7c6c5)cc4)c4ccc5ccccc5c4)c3)cc2)c1. The second kappa shape index (κ2) is 20.1. The Morgan fingerprint density at radius 1 is 0.224 bits per heavy atom. The number of fused-ring (bicyclic) bond motifs is 4. The third-order valence-corrected chi connectivity index (χ3v) is 15.6. The molecular weight excluding hydrogens is 939 g/mol. The molecule has 13 rings (SSSR count). The van der Waals surface area contributed by atoms with Crippen LogP contribution in [-0.4, -0.2) is 0 Å². The molecule has 0 aliphatic heterocycles. The molecular formula is C72H53N3S. The van der Waals surface area contributed by atoms with Gasteiger partial charge in [-0.15, -0.1) is 11.3 Å². The molecule has 1 aromatic heterocycles. The first kappa shape index (κ1) is 46.3. The Balaban J connectivity index is 1.02. The first-order valence-corrected chi connectivity index (χ1v) is 26.8. The maximum absolute atomic E-state index is 2.42. The zero-order chi connectivity index (χ0) is 51.0. The molecule has 0 radical (unpaired) electrons. The highest BCUT2D eigenvalue weighted by Crippen LogP contribution is 2.47. The van der Waals surface area contributed by atoms with Crippen molar-refractivity contribution in [3.05, 3.63) is 296 Å². The molecule has 4 heteroatoms. The van der Waals surface area contributed by atoms with E-state index in [1.54, 1.807) is 0 Å². The zero-order valence-electron chi connectivity index (χ0n) is 42.4. The molecule has 0 aliphatic carbocycles. The standard InChI is InChI=1S/C72H53N3S/c1-50-15-13-19-56(43-50)53-27-35-62(36-28-53)73(60-21-5-3-6-22-60)66-47-67(74(61-23-7-4-8-24-61)63-37-29-54(30-38-63)57-20-14-16-51(2)44-57)49-68(48-66)75(65-41-33-52-17-9-10-18-58(52)45-65)64-39-31-55(32-40-64)59-34-42-72-70(46-59)69-25-11-12-26-71(69)76-72/h3-49H,1-2H3. The second-order valence-corrected chi connectivity index (χ2v) is 20.7. The number of benzene rings is 12. The molecule has 76 heavy (non-hydrogen) atoms. The molecule has 0 unspecified atom stereocenters. The number of thiophene rings is 1. The third-order valence-electron chi connectivity index (χ3n) is 14.5. The lowest BCUT2D eigenvalue weighted by molar-refractivity contribution is 1.22. The molecule has 3 nitrogen and oxygen atoms in total. The van der Waals surface area contributed by atoms with Crippen molar-refractivity contribution in [3.63, 3.8) is 0 Å². The molecule has 0 spiro atoms. The van der Waals surface area contributed by atoms with E-state index in [2.05, 4.69) is 314 Å². The molecule has 0 saturated carbocycles. The number of hydrogen-bond acceptors (Lipinski definition) is 4. The summed E-state index contributed by atoms with van der Waals surface area (Å²) in [5, 5.41) is 4.97. The smallest absolute Gasteiger partial charge is 0.0503 e. The quantitative estimate of drug-likeness (QED) is 0.121. The van der Waals surface area contributed by atoms with Crippen molar-refractivity contribution in [1.82, 2.24) is 0 Å². The van der Waals surface area contributed by atoms with Gasteiger partial charge in [0.1, 0.15) is 0 Å². The van der Waals surface area contributed by atoms with Gasteiger partial charge in [-0.1, -0.05) is 187 Å². The Labute approximate surface area is 449 Å². The summed E-state index contributed by atoms with van der Waals surface area (Å²) in [7, 11) is 0. The Morgan fingerprint density at radius 2 is 0.618 bits per heavy atom. The second-order valence-electron chi connectivity index (χ2n) is 19.6. The van der Waals surface area contributed by atoms with Crippen LogP contribution in [0.4, 0.5) is 51.2 Å². The van der Waals surface area contributed by atoms with E-state index in [9.17, 15) is 0 Å². The zero-order valence-corrected chi connectivity index (χ0v) is 43.2. The first-order valence-electron chi connectivity index (χ1n) is 26.0. The molecule has 12 aromatic carbocycles. The Morgan fingerprint density at radius 3 is 1.13 bits per heavy atom. The summed E-state index contributed by atoms with van der Waals surface area (Å²) in [6.07, 6.45) is 0. The topological polar surface area (TPSA) is 9.72 Å². The predicted octanol–water partition coefficient (Wildman–Crippen LogP) is 21.2. The highest BCUT2D eigenvalue weighted by Gasteiger charge is 2.23. The molecule has 0 bridgehead atoms. The fourth-order valence-corrected chi connectivity index (χ4v) is 11.8. The number of hydrogen-bond donors (Lipinski definition) is 0. The Bertz CT molecular complexity index is 4030. The summed E-state index contributed by atoms with van der Waals surface area (Å²) in [6, 6.07) is 104. The molecule has 0 aliphatic rings. The number of nitrogens with zero attached hydrogens (tertiary/aromatic N) is 3. The summed E-state index contributed by atoms with van der Waals surface area (Å²) >= 11 is 1.85. The molecule has 1 heterocycles. The van der Waals surface area contributed by atoms with Gasteiger partial charge >= 0.3 is 0 Å². The van der Waals surface area contributed by atoms with Gasteiger partial charge in [-0.3, -0.25) is 0 Å². The summed E-state index contributed by atoms with van der Waals surface area (Å²) in [4.78, 5) is 7.21. The van der Waals surface area contributed by atoms with Crippen LogP contribution in [0.3, 0.4) is 0 Å². The van der Waals surface area contributed by atoms with Crippen LogP contribution < -0.4 is 14.7 Å². The highest BCUT2D eigenvalue weighted by atomic mass is 32.1. The van der Waals surface area contributed by atoms with Crippen molar-refractivity contribution < 1.29 is 0 Å². The van der Waals surface area contributed by atoms with Crippen LogP contribution in [0.2, 0.25) is 0 Å². The monoisotopic (exact) mass is 991 g/mol. The fourth-order valence-electron chi connectivity index (χ4n) is 10.7. The summed E-state index contributed by atoms with van der Waals surface area (Å²) in [5.74, 6) is 0. The van der Waals surface area contributed by atoms with Gasteiger partial charge in [0.15, 0.2) is 0 Å². The normalized spacial score (nSPS) is 11.3. The largest absolute Gasteiger partial charge is 0.310 e. The van der Waals surface area contributed by atoms with Gasteiger partial charge in [-0.2, -0.15) is 0 Å².